The van der Waals surface area contributed by atoms with E-state index in [-0.39, 0.29) is 24.4 Å². The van der Waals surface area contributed by atoms with Crippen molar-refractivity contribution >= 4 is 28.6 Å². The maximum atomic E-state index is 13.1. The van der Waals surface area contributed by atoms with Crippen LogP contribution in [-0.4, -0.2) is 46.8 Å². The maximum Gasteiger partial charge on any atom is 0.325 e. The fraction of sp³-hybridized carbons (Fsp3) is 0.409. The number of carbonyl (C=O) groups is 3. The van der Waals surface area contributed by atoms with Gasteiger partial charge in [0.25, 0.3) is 5.91 Å². The Kier molecular flexibility index (Phi) is 4.57. The van der Waals surface area contributed by atoms with Crippen molar-refractivity contribution in [1.29, 1.82) is 0 Å². The standard InChI is InChI=1S/C22H25N3O3/c1-15-7-5-6-12-24(15)19(26)14-25-20(27)22(2,23-21(25)28)18-11-10-16-8-3-4-9-17(16)13-18/h3-4,8-11,13,15H,5-7,12,14H2,1-2H3,(H,23,28)/t15-,22-/m1/s1. The van der Waals surface area contributed by atoms with Crippen molar-refractivity contribution in [2.24, 2.45) is 0 Å². The Morgan fingerprint density at radius 3 is 2.64 bits per heavy atom. The third kappa shape index (κ3) is 3.03. The number of nitrogens with zero attached hydrogens (tertiary/aromatic N) is 2. The van der Waals surface area contributed by atoms with Gasteiger partial charge < -0.3 is 10.2 Å². The smallest absolute Gasteiger partial charge is 0.325 e. The van der Waals surface area contributed by atoms with E-state index >= 15 is 0 Å². The van der Waals surface area contributed by atoms with Gasteiger partial charge in [-0.1, -0.05) is 36.4 Å². The average molecular weight is 379 g/mol. The highest BCUT2D eigenvalue weighted by Gasteiger charge is 2.49. The van der Waals surface area contributed by atoms with Crippen LogP contribution in [0.4, 0.5) is 4.79 Å². The van der Waals surface area contributed by atoms with Crippen LogP contribution < -0.4 is 5.32 Å². The fourth-order valence-electron chi connectivity index (χ4n) is 4.23. The summed E-state index contributed by atoms with van der Waals surface area (Å²) in [5.74, 6) is -0.552. The van der Waals surface area contributed by atoms with E-state index in [4.69, 9.17) is 0 Å². The van der Waals surface area contributed by atoms with Crippen LogP contribution in [0.15, 0.2) is 42.5 Å². The van der Waals surface area contributed by atoms with Gasteiger partial charge in [0, 0.05) is 12.6 Å². The number of nitrogens with one attached hydrogen (secondary N) is 1. The average Bonchev–Trinajstić information content (AvgIpc) is 2.92. The highest BCUT2D eigenvalue weighted by atomic mass is 16.2. The van der Waals surface area contributed by atoms with Gasteiger partial charge in [-0.25, -0.2) is 4.79 Å². The predicted molar refractivity (Wildman–Crippen MR) is 107 cm³/mol. The van der Waals surface area contributed by atoms with Crippen molar-refractivity contribution in [2.45, 2.75) is 44.7 Å². The van der Waals surface area contributed by atoms with Crippen molar-refractivity contribution in [2.75, 3.05) is 13.1 Å². The quantitative estimate of drug-likeness (QED) is 0.834. The fourth-order valence-corrected chi connectivity index (χ4v) is 4.23. The second-order valence-corrected chi connectivity index (χ2v) is 7.94. The summed E-state index contributed by atoms with van der Waals surface area (Å²) in [5.41, 5.74) is -0.458. The molecule has 0 saturated carbocycles. The molecule has 2 saturated heterocycles. The molecular formula is C22H25N3O3. The molecule has 28 heavy (non-hydrogen) atoms. The Hall–Kier alpha value is -2.89. The highest BCUT2D eigenvalue weighted by Crippen LogP contribution is 2.31. The second kappa shape index (κ2) is 6.93. The lowest BCUT2D eigenvalue weighted by Crippen LogP contribution is -2.48. The molecule has 2 aliphatic heterocycles. The first-order chi connectivity index (χ1) is 13.4. The van der Waals surface area contributed by atoms with Crippen molar-refractivity contribution < 1.29 is 14.4 Å². The highest BCUT2D eigenvalue weighted by molar-refractivity contribution is 6.09. The number of rotatable bonds is 3. The molecule has 4 amide bonds. The lowest BCUT2D eigenvalue weighted by molar-refractivity contribution is -0.140. The van der Waals surface area contributed by atoms with E-state index < -0.39 is 11.6 Å². The van der Waals surface area contributed by atoms with Crippen LogP contribution in [0.3, 0.4) is 0 Å². The summed E-state index contributed by atoms with van der Waals surface area (Å²) in [6.07, 6.45) is 3.03. The number of urea groups is 1. The normalized spacial score (nSPS) is 25.3. The number of fused-ring (bicyclic) bond motifs is 1. The largest absolute Gasteiger partial charge is 0.338 e. The number of benzene rings is 2. The molecule has 146 valence electrons. The molecule has 0 unspecified atom stereocenters. The summed E-state index contributed by atoms with van der Waals surface area (Å²) in [4.78, 5) is 41.3. The Morgan fingerprint density at radius 2 is 1.89 bits per heavy atom. The third-order valence-corrected chi connectivity index (χ3v) is 6.02. The number of imide groups is 1. The van der Waals surface area contributed by atoms with Crippen LogP contribution in [-0.2, 0) is 15.1 Å². The number of piperidine rings is 1. The molecule has 2 aromatic rings. The first-order valence-electron chi connectivity index (χ1n) is 9.83. The minimum absolute atomic E-state index is 0.147. The molecule has 0 bridgehead atoms. The van der Waals surface area contributed by atoms with Crippen molar-refractivity contribution in [3.05, 3.63) is 48.0 Å². The van der Waals surface area contributed by atoms with Gasteiger partial charge in [0.05, 0.1) is 0 Å². The van der Waals surface area contributed by atoms with E-state index in [1.807, 2.05) is 49.4 Å². The monoisotopic (exact) mass is 379 g/mol. The molecule has 0 aliphatic carbocycles. The van der Waals surface area contributed by atoms with Crippen LogP contribution >= 0.6 is 0 Å². The number of carbonyl (C=O) groups excluding carboxylic acids is 3. The molecule has 4 rings (SSSR count). The summed E-state index contributed by atoms with van der Waals surface area (Å²) < 4.78 is 0. The Balaban J connectivity index is 1.57. The number of likely N-dealkylation sites (tertiary alicyclic amines) is 1. The van der Waals surface area contributed by atoms with E-state index in [1.165, 1.54) is 0 Å². The lowest BCUT2D eigenvalue weighted by Gasteiger charge is -2.34. The van der Waals surface area contributed by atoms with Gasteiger partial charge in [0.15, 0.2) is 0 Å². The molecule has 0 spiro atoms. The van der Waals surface area contributed by atoms with Gasteiger partial charge >= 0.3 is 6.03 Å². The van der Waals surface area contributed by atoms with E-state index in [0.29, 0.717) is 12.1 Å². The van der Waals surface area contributed by atoms with Crippen LogP contribution in [0.25, 0.3) is 10.8 Å². The van der Waals surface area contributed by atoms with Crippen molar-refractivity contribution in [1.82, 2.24) is 15.1 Å². The van der Waals surface area contributed by atoms with E-state index in [2.05, 4.69) is 5.32 Å². The number of hydrogen-bond acceptors (Lipinski definition) is 3. The van der Waals surface area contributed by atoms with E-state index in [0.717, 1.165) is 34.9 Å². The molecule has 6 nitrogen and oxygen atoms in total. The van der Waals surface area contributed by atoms with Gasteiger partial charge in [-0.15, -0.1) is 0 Å². The van der Waals surface area contributed by atoms with E-state index in [1.54, 1.807) is 11.8 Å². The summed E-state index contributed by atoms with van der Waals surface area (Å²) in [6, 6.07) is 13.2. The Labute approximate surface area is 164 Å². The topological polar surface area (TPSA) is 69.7 Å². The summed E-state index contributed by atoms with van der Waals surface area (Å²) >= 11 is 0. The molecule has 2 heterocycles. The number of hydrogen-bond donors (Lipinski definition) is 1. The Bertz CT molecular complexity index is 957. The molecule has 2 atom stereocenters. The molecule has 2 aliphatic rings. The summed E-state index contributed by atoms with van der Waals surface area (Å²) in [5, 5.41) is 4.86. The third-order valence-electron chi connectivity index (χ3n) is 6.02. The van der Waals surface area contributed by atoms with Gasteiger partial charge in [-0.05, 0) is 55.5 Å². The summed E-state index contributed by atoms with van der Waals surface area (Å²) in [7, 11) is 0. The second-order valence-electron chi connectivity index (χ2n) is 7.94. The van der Waals surface area contributed by atoms with E-state index in [9.17, 15) is 14.4 Å². The molecule has 1 N–H and O–H groups in total. The minimum Gasteiger partial charge on any atom is -0.338 e. The lowest BCUT2D eigenvalue weighted by atomic mass is 9.90. The van der Waals surface area contributed by atoms with Gasteiger partial charge in [0.1, 0.15) is 12.1 Å². The van der Waals surface area contributed by atoms with Gasteiger partial charge in [-0.2, -0.15) is 0 Å². The molecule has 2 aromatic carbocycles. The Morgan fingerprint density at radius 1 is 1.14 bits per heavy atom. The molecular weight excluding hydrogens is 354 g/mol. The van der Waals surface area contributed by atoms with Crippen LogP contribution in [0, 0.1) is 0 Å². The number of amides is 4. The van der Waals surface area contributed by atoms with Crippen molar-refractivity contribution in [3.63, 3.8) is 0 Å². The van der Waals surface area contributed by atoms with Gasteiger partial charge in [-0.3, -0.25) is 14.5 Å². The van der Waals surface area contributed by atoms with Crippen LogP contribution in [0.5, 0.6) is 0 Å². The molecule has 0 radical (unpaired) electrons. The predicted octanol–water partition coefficient (Wildman–Crippen LogP) is 3.01. The zero-order valence-corrected chi connectivity index (χ0v) is 16.3. The molecule has 6 heteroatoms. The first kappa shape index (κ1) is 18.5. The van der Waals surface area contributed by atoms with Crippen LogP contribution in [0.2, 0.25) is 0 Å². The molecule has 0 aromatic heterocycles. The van der Waals surface area contributed by atoms with Crippen LogP contribution in [0.1, 0.15) is 38.7 Å². The first-order valence-corrected chi connectivity index (χ1v) is 9.83. The SMILES string of the molecule is C[C@@H]1CCCCN1C(=O)CN1C(=O)N[C@](C)(c2ccc3ccccc3c2)C1=O. The van der Waals surface area contributed by atoms with Gasteiger partial charge in [0.2, 0.25) is 5.91 Å². The zero-order chi connectivity index (χ0) is 19.9. The summed E-state index contributed by atoms with van der Waals surface area (Å²) in [6.45, 7) is 4.19. The maximum absolute atomic E-state index is 13.1. The zero-order valence-electron chi connectivity index (χ0n) is 16.3. The minimum atomic E-state index is -1.17. The molecule has 2 fully saturated rings. The van der Waals surface area contributed by atoms with Crippen molar-refractivity contribution in [3.8, 4) is 0 Å².